The molecular weight excluding hydrogens is 363 g/mol. The third-order valence-electron chi connectivity index (χ3n) is 2.11. The molecule has 1 rings (SSSR count). The number of methoxy groups -OCH3 is 1. The van der Waals surface area contributed by atoms with Gasteiger partial charge in [0.25, 0.3) is 5.69 Å². The fourth-order valence-electron chi connectivity index (χ4n) is 1.39. The summed E-state index contributed by atoms with van der Waals surface area (Å²) >= 11 is 7.63. The first-order valence-corrected chi connectivity index (χ1v) is 6.22. The Morgan fingerprint density at radius 1 is 1.65 bits per heavy atom. The van der Waals surface area contributed by atoms with Gasteiger partial charge in [-0.2, -0.15) is 0 Å². The van der Waals surface area contributed by atoms with Gasteiger partial charge in [0.05, 0.1) is 20.5 Å². The van der Waals surface area contributed by atoms with Crippen LogP contribution in [0.3, 0.4) is 0 Å². The number of nitro benzene ring substituents is 1. The number of hydrogen-bond acceptors (Lipinski definition) is 3. The Kier molecular flexibility index (Phi) is 5.54. The van der Waals surface area contributed by atoms with Gasteiger partial charge in [0.2, 0.25) is 0 Å². The molecule has 0 saturated carbocycles. The molecule has 17 heavy (non-hydrogen) atoms. The number of nitro groups is 1. The Morgan fingerprint density at radius 2 is 2.29 bits per heavy atom. The van der Waals surface area contributed by atoms with Crippen molar-refractivity contribution in [3.8, 4) is 0 Å². The van der Waals surface area contributed by atoms with Gasteiger partial charge in [0, 0.05) is 18.7 Å². The molecule has 1 aromatic carbocycles. The van der Waals surface area contributed by atoms with E-state index in [4.69, 9.17) is 16.3 Å². The summed E-state index contributed by atoms with van der Waals surface area (Å²) in [4.78, 5) is 10.3. The molecule has 0 aliphatic carbocycles. The molecule has 0 radical (unpaired) electrons. The van der Waals surface area contributed by atoms with Crippen LogP contribution in [0.1, 0.15) is 5.56 Å². The monoisotopic (exact) mass is 373 g/mol. The highest BCUT2D eigenvalue weighted by Crippen LogP contribution is 2.26. The van der Waals surface area contributed by atoms with Crippen LogP contribution in [0.25, 0.3) is 0 Å². The van der Waals surface area contributed by atoms with Crippen LogP contribution in [0.5, 0.6) is 0 Å². The fraction of sp³-hybridized carbons (Fsp3) is 0.400. The maximum absolute atomic E-state index is 13.4. The van der Waals surface area contributed by atoms with E-state index in [1.807, 2.05) is 0 Å². The predicted octanol–water partition coefficient (Wildman–Crippen LogP) is 3.13. The van der Waals surface area contributed by atoms with Gasteiger partial charge in [-0.05, 0) is 35.1 Å². The number of benzene rings is 1. The summed E-state index contributed by atoms with van der Waals surface area (Å²) in [5.74, 6) is -0.479. The fourth-order valence-corrected chi connectivity index (χ4v) is 2.13. The van der Waals surface area contributed by atoms with E-state index in [9.17, 15) is 14.5 Å². The van der Waals surface area contributed by atoms with Gasteiger partial charge in [0.15, 0.2) is 0 Å². The van der Waals surface area contributed by atoms with Crippen molar-refractivity contribution in [2.24, 2.45) is 0 Å². The quantitative estimate of drug-likeness (QED) is 0.345. The van der Waals surface area contributed by atoms with Gasteiger partial charge in [-0.1, -0.05) is 0 Å². The molecule has 1 aromatic rings. The highest BCUT2D eigenvalue weighted by Gasteiger charge is 2.19. The van der Waals surface area contributed by atoms with Crippen LogP contribution >= 0.6 is 34.2 Å². The lowest BCUT2D eigenvalue weighted by Gasteiger charge is -2.09. The first-order valence-electron chi connectivity index (χ1n) is 4.71. The van der Waals surface area contributed by atoms with Crippen LogP contribution < -0.4 is 0 Å². The smallest absolute Gasteiger partial charge is 0.273 e. The Labute approximate surface area is 116 Å². The molecule has 1 unspecified atom stereocenters. The maximum atomic E-state index is 13.4. The zero-order valence-electron chi connectivity index (χ0n) is 8.95. The Morgan fingerprint density at radius 3 is 2.82 bits per heavy atom. The van der Waals surface area contributed by atoms with Gasteiger partial charge in [-0.3, -0.25) is 10.1 Å². The largest absolute Gasteiger partial charge is 0.383 e. The molecule has 0 amide bonds. The molecule has 0 spiro atoms. The highest BCUT2D eigenvalue weighted by atomic mass is 127. The number of alkyl halides is 1. The number of ether oxygens (including phenoxy) is 1. The highest BCUT2D eigenvalue weighted by molar-refractivity contribution is 14.1. The van der Waals surface area contributed by atoms with Gasteiger partial charge in [0.1, 0.15) is 5.82 Å². The maximum Gasteiger partial charge on any atom is 0.273 e. The molecule has 0 fully saturated rings. The van der Waals surface area contributed by atoms with Crippen LogP contribution in [0.15, 0.2) is 12.1 Å². The van der Waals surface area contributed by atoms with Crippen molar-refractivity contribution in [3.05, 3.63) is 37.2 Å². The number of halogens is 3. The van der Waals surface area contributed by atoms with E-state index in [0.717, 1.165) is 6.07 Å². The zero-order valence-corrected chi connectivity index (χ0v) is 11.9. The van der Waals surface area contributed by atoms with Crippen molar-refractivity contribution in [2.45, 2.75) is 11.8 Å². The van der Waals surface area contributed by atoms with Gasteiger partial charge >= 0.3 is 0 Å². The Balaban J connectivity index is 3.04. The minimum Gasteiger partial charge on any atom is -0.383 e. The van der Waals surface area contributed by atoms with Crippen molar-refractivity contribution < 1.29 is 14.1 Å². The molecule has 94 valence electrons. The normalized spacial score (nSPS) is 12.5. The lowest BCUT2D eigenvalue weighted by atomic mass is 10.1. The van der Waals surface area contributed by atoms with Crippen LogP contribution in [0.2, 0.25) is 0 Å². The average Bonchev–Trinajstić information content (AvgIpc) is 2.23. The Hall–Kier alpha value is -0.470. The standard InChI is InChI=1S/C10H10ClFINO3/c1-17-5-7(11)2-6-3-8(12)9(13)4-10(6)14(15)16/h3-4,7H,2,5H2,1H3. The van der Waals surface area contributed by atoms with E-state index in [-0.39, 0.29) is 27.8 Å². The van der Waals surface area contributed by atoms with Crippen molar-refractivity contribution >= 4 is 39.9 Å². The summed E-state index contributed by atoms with van der Waals surface area (Å²) in [6.45, 7) is 0.256. The summed E-state index contributed by atoms with van der Waals surface area (Å²) in [7, 11) is 1.48. The van der Waals surface area contributed by atoms with E-state index in [0.29, 0.717) is 0 Å². The summed E-state index contributed by atoms with van der Waals surface area (Å²) < 4.78 is 18.4. The topological polar surface area (TPSA) is 52.4 Å². The molecule has 0 aromatic heterocycles. The molecule has 0 saturated heterocycles. The molecule has 0 aliphatic rings. The van der Waals surface area contributed by atoms with E-state index < -0.39 is 16.1 Å². The molecule has 0 N–H and O–H groups in total. The molecular formula is C10H10ClFINO3. The summed E-state index contributed by atoms with van der Waals surface area (Å²) in [5.41, 5.74) is 0.169. The second kappa shape index (κ2) is 6.46. The third-order valence-corrected chi connectivity index (χ3v) is 3.21. The minimum atomic E-state index is -0.534. The van der Waals surface area contributed by atoms with E-state index in [1.54, 1.807) is 22.6 Å². The van der Waals surface area contributed by atoms with Crippen LogP contribution in [0.4, 0.5) is 10.1 Å². The van der Waals surface area contributed by atoms with Crippen LogP contribution in [0, 0.1) is 19.5 Å². The van der Waals surface area contributed by atoms with Crippen LogP contribution in [-0.4, -0.2) is 24.0 Å². The SMILES string of the molecule is COCC(Cl)Cc1cc(F)c(I)cc1[N+](=O)[O-]. The summed E-state index contributed by atoms with van der Waals surface area (Å²) in [5, 5.41) is 10.4. The van der Waals surface area contributed by atoms with E-state index in [1.165, 1.54) is 13.2 Å². The van der Waals surface area contributed by atoms with Gasteiger partial charge in [-0.15, -0.1) is 11.6 Å². The second-order valence-electron chi connectivity index (χ2n) is 3.41. The summed E-state index contributed by atoms with van der Waals surface area (Å²) in [6, 6.07) is 2.37. The molecule has 7 heteroatoms. The van der Waals surface area contributed by atoms with Crippen molar-refractivity contribution in [1.82, 2.24) is 0 Å². The third kappa shape index (κ3) is 4.04. The first kappa shape index (κ1) is 14.6. The lowest BCUT2D eigenvalue weighted by molar-refractivity contribution is -0.385. The zero-order chi connectivity index (χ0) is 13.0. The van der Waals surface area contributed by atoms with Crippen molar-refractivity contribution in [2.75, 3.05) is 13.7 Å². The number of hydrogen-bond donors (Lipinski definition) is 0. The molecule has 0 aliphatic heterocycles. The molecule has 0 heterocycles. The molecule has 0 bridgehead atoms. The summed E-state index contributed by atoms with van der Waals surface area (Å²) in [6.07, 6.45) is 0.194. The van der Waals surface area contributed by atoms with E-state index >= 15 is 0 Å². The lowest BCUT2D eigenvalue weighted by Crippen LogP contribution is -2.12. The molecule has 4 nitrogen and oxygen atoms in total. The second-order valence-corrected chi connectivity index (χ2v) is 5.19. The van der Waals surface area contributed by atoms with Crippen LogP contribution in [-0.2, 0) is 11.2 Å². The number of rotatable bonds is 5. The molecule has 1 atom stereocenters. The van der Waals surface area contributed by atoms with Crippen molar-refractivity contribution in [1.29, 1.82) is 0 Å². The van der Waals surface area contributed by atoms with Gasteiger partial charge < -0.3 is 4.74 Å². The predicted molar refractivity (Wildman–Crippen MR) is 71.0 cm³/mol. The minimum absolute atomic E-state index is 0.113. The number of nitrogens with zero attached hydrogens (tertiary/aromatic N) is 1. The van der Waals surface area contributed by atoms with Crippen molar-refractivity contribution in [3.63, 3.8) is 0 Å². The average molecular weight is 374 g/mol. The van der Waals surface area contributed by atoms with E-state index in [2.05, 4.69) is 0 Å². The van der Waals surface area contributed by atoms with Gasteiger partial charge in [-0.25, -0.2) is 4.39 Å². The Bertz CT molecular complexity index is 430. The first-order chi connectivity index (χ1) is 7.95.